The number of aryl methyl sites for hydroxylation is 1. The number of aromatic amines is 1. The molecule has 1 aliphatic carbocycles. The quantitative estimate of drug-likeness (QED) is 0.794. The van der Waals surface area contributed by atoms with Gasteiger partial charge in [0.05, 0.1) is 5.75 Å². The van der Waals surface area contributed by atoms with Crippen LogP contribution in [0.15, 0.2) is 6.07 Å². The second kappa shape index (κ2) is 3.84. The molecule has 0 atom stereocenters. The summed E-state index contributed by atoms with van der Waals surface area (Å²) in [5.74, 6) is 0.973. The van der Waals surface area contributed by atoms with Crippen molar-refractivity contribution in [1.29, 1.82) is 0 Å². The zero-order valence-electron chi connectivity index (χ0n) is 8.66. The summed E-state index contributed by atoms with van der Waals surface area (Å²) in [6.45, 7) is 1.98. The minimum atomic E-state index is -3.20. The van der Waals surface area contributed by atoms with Crippen molar-refractivity contribution in [2.24, 2.45) is 5.92 Å². The molecule has 0 bridgehead atoms. The number of sulfonamides is 1. The van der Waals surface area contributed by atoms with E-state index in [9.17, 15) is 8.42 Å². The number of aromatic nitrogens is 2. The Morgan fingerprint density at radius 2 is 2.33 bits per heavy atom. The van der Waals surface area contributed by atoms with Crippen LogP contribution >= 0.6 is 0 Å². The van der Waals surface area contributed by atoms with Crippen molar-refractivity contribution < 1.29 is 8.42 Å². The van der Waals surface area contributed by atoms with Gasteiger partial charge in [0.2, 0.25) is 10.0 Å². The predicted molar refractivity (Wildman–Crippen MR) is 58.1 cm³/mol. The van der Waals surface area contributed by atoms with Crippen molar-refractivity contribution in [2.45, 2.75) is 26.2 Å². The van der Waals surface area contributed by atoms with Crippen molar-refractivity contribution in [2.75, 3.05) is 10.5 Å². The van der Waals surface area contributed by atoms with Gasteiger partial charge in [-0.05, 0) is 25.2 Å². The molecule has 1 heterocycles. The highest BCUT2D eigenvalue weighted by Gasteiger charge is 2.28. The van der Waals surface area contributed by atoms with Gasteiger partial charge in [-0.25, -0.2) is 8.42 Å². The first-order valence-electron chi connectivity index (χ1n) is 5.14. The second-order valence-electron chi connectivity index (χ2n) is 3.96. The monoisotopic (exact) mass is 229 g/mol. The van der Waals surface area contributed by atoms with Gasteiger partial charge < -0.3 is 0 Å². The largest absolute Gasteiger partial charge is 0.280 e. The molecular weight excluding hydrogens is 214 g/mol. The fourth-order valence-electron chi connectivity index (χ4n) is 1.39. The highest BCUT2D eigenvalue weighted by atomic mass is 32.2. The first-order chi connectivity index (χ1) is 7.09. The maximum Gasteiger partial charge on any atom is 0.234 e. The number of H-pyrrole nitrogens is 1. The summed E-state index contributed by atoms with van der Waals surface area (Å²) in [5, 5.41) is 6.65. The fraction of sp³-hybridized carbons (Fsp3) is 0.667. The Bertz CT molecular complexity index is 434. The van der Waals surface area contributed by atoms with Crippen molar-refractivity contribution in [1.82, 2.24) is 10.2 Å². The van der Waals surface area contributed by atoms with E-state index < -0.39 is 10.0 Å². The number of nitrogens with zero attached hydrogens (tertiary/aromatic N) is 1. The van der Waals surface area contributed by atoms with Crippen LogP contribution in [-0.2, 0) is 16.4 Å². The molecule has 0 saturated heterocycles. The summed E-state index contributed by atoms with van der Waals surface area (Å²) in [6, 6.07) is 1.73. The Kier molecular flexibility index (Phi) is 2.68. The molecule has 0 amide bonds. The van der Waals surface area contributed by atoms with Crippen LogP contribution in [0.4, 0.5) is 5.82 Å². The summed E-state index contributed by atoms with van der Waals surface area (Å²) in [5.41, 5.74) is 0.930. The molecule has 0 aromatic carbocycles. The third-order valence-corrected chi connectivity index (χ3v) is 3.85. The van der Waals surface area contributed by atoms with Crippen LogP contribution in [0.3, 0.4) is 0 Å². The van der Waals surface area contributed by atoms with Gasteiger partial charge >= 0.3 is 0 Å². The lowest BCUT2D eigenvalue weighted by molar-refractivity contribution is 0.597. The molecule has 2 rings (SSSR count). The van der Waals surface area contributed by atoms with E-state index in [1.54, 1.807) is 6.07 Å². The lowest BCUT2D eigenvalue weighted by Gasteiger charge is -2.02. The topological polar surface area (TPSA) is 74.8 Å². The van der Waals surface area contributed by atoms with Gasteiger partial charge in [-0.1, -0.05) is 6.92 Å². The number of hydrogen-bond acceptors (Lipinski definition) is 3. The van der Waals surface area contributed by atoms with E-state index in [0.717, 1.165) is 25.0 Å². The molecule has 0 spiro atoms. The number of rotatable bonds is 5. The zero-order valence-corrected chi connectivity index (χ0v) is 9.47. The van der Waals surface area contributed by atoms with E-state index >= 15 is 0 Å². The third kappa shape index (κ3) is 2.95. The molecule has 1 saturated carbocycles. The van der Waals surface area contributed by atoms with E-state index in [1.165, 1.54) is 0 Å². The molecule has 84 valence electrons. The first kappa shape index (κ1) is 10.5. The minimum Gasteiger partial charge on any atom is -0.280 e. The molecule has 2 N–H and O–H groups in total. The van der Waals surface area contributed by atoms with Gasteiger partial charge in [0.25, 0.3) is 0 Å². The van der Waals surface area contributed by atoms with E-state index in [2.05, 4.69) is 14.9 Å². The maximum atomic E-state index is 11.6. The maximum absolute atomic E-state index is 11.6. The van der Waals surface area contributed by atoms with Gasteiger partial charge in [0.15, 0.2) is 5.82 Å². The summed E-state index contributed by atoms with van der Waals surface area (Å²) >= 11 is 0. The van der Waals surface area contributed by atoms with Crippen LogP contribution in [0.2, 0.25) is 0 Å². The lowest BCUT2D eigenvalue weighted by atomic mass is 10.3. The predicted octanol–water partition coefficient (Wildman–Crippen LogP) is 1.12. The van der Waals surface area contributed by atoms with Crippen molar-refractivity contribution in [3.05, 3.63) is 11.8 Å². The van der Waals surface area contributed by atoms with Crippen LogP contribution in [0.1, 0.15) is 25.5 Å². The van der Waals surface area contributed by atoms with Gasteiger partial charge in [0.1, 0.15) is 0 Å². The Balaban J connectivity index is 2.00. The van der Waals surface area contributed by atoms with E-state index in [-0.39, 0.29) is 5.75 Å². The van der Waals surface area contributed by atoms with Crippen LogP contribution < -0.4 is 4.72 Å². The fourth-order valence-corrected chi connectivity index (χ4v) is 2.85. The van der Waals surface area contributed by atoms with Crippen molar-refractivity contribution in [3.63, 3.8) is 0 Å². The molecule has 0 aliphatic heterocycles. The summed E-state index contributed by atoms with van der Waals surface area (Å²) in [6.07, 6.45) is 2.88. The zero-order chi connectivity index (χ0) is 10.9. The summed E-state index contributed by atoms with van der Waals surface area (Å²) in [7, 11) is -3.20. The van der Waals surface area contributed by atoms with Crippen molar-refractivity contribution >= 4 is 15.8 Å². The average Bonchev–Trinajstić information content (AvgIpc) is 2.82. The smallest absolute Gasteiger partial charge is 0.234 e. The van der Waals surface area contributed by atoms with Gasteiger partial charge in [-0.15, -0.1) is 0 Å². The first-order valence-corrected chi connectivity index (χ1v) is 6.79. The molecule has 6 heteroatoms. The van der Waals surface area contributed by atoms with E-state index in [4.69, 9.17) is 0 Å². The molecule has 15 heavy (non-hydrogen) atoms. The van der Waals surface area contributed by atoms with E-state index in [0.29, 0.717) is 11.7 Å². The molecule has 5 nitrogen and oxygen atoms in total. The summed E-state index contributed by atoms with van der Waals surface area (Å²) < 4.78 is 25.6. The Hall–Kier alpha value is -1.04. The Labute approximate surface area is 89.3 Å². The standard InChI is InChI=1S/C9H15N3O2S/c1-2-8-5-9(11-10-8)12-15(13,14)6-7-3-4-7/h5,7H,2-4,6H2,1H3,(H2,10,11,12). The van der Waals surface area contributed by atoms with Gasteiger partial charge in [0, 0.05) is 11.8 Å². The van der Waals surface area contributed by atoms with Crippen LogP contribution in [0.25, 0.3) is 0 Å². The summed E-state index contributed by atoms with van der Waals surface area (Å²) in [4.78, 5) is 0. The average molecular weight is 229 g/mol. The molecule has 1 fully saturated rings. The highest BCUT2D eigenvalue weighted by Crippen LogP contribution is 2.30. The van der Waals surface area contributed by atoms with Crippen LogP contribution in [0.5, 0.6) is 0 Å². The lowest BCUT2D eigenvalue weighted by Crippen LogP contribution is -2.18. The SMILES string of the molecule is CCc1cc(NS(=O)(=O)CC2CC2)n[nH]1. The number of hydrogen-bond donors (Lipinski definition) is 2. The molecule has 1 aromatic heterocycles. The minimum absolute atomic E-state index is 0.224. The van der Waals surface area contributed by atoms with Crippen LogP contribution in [-0.4, -0.2) is 24.4 Å². The molecule has 1 aliphatic rings. The molecular formula is C9H15N3O2S. The molecule has 0 unspecified atom stereocenters. The molecule has 1 aromatic rings. The van der Waals surface area contributed by atoms with Crippen LogP contribution in [0, 0.1) is 5.92 Å². The van der Waals surface area contributed by atoms with Gasteiger partial charge in [-0.3, -0.25) is 9.82 Å². The second-order valence-corrected chi connectivity index (χ2v) is 5.73. The van der Waals surface area contributed by atoms with Gasteiger partial charge in [-0.2, -0.15) is 5.10 Å². The third-order valence-electron chi connectivity index (χ3n) is 2.42. The molecule has 0 radical (unpaired) electrons. The number of nitrogens with one attached hydrogen (secondary N) is 2. The van der Waals surface area contributed by atoms with Crippen molar-refractivity contribution in [3.8, 4) is 0 Å². The Morgan fingerprint density at radius 1 is 1.60 bits per heavy atom. The highest BCUT2D eigenvalue weighted by molar-refractivity contribution is 7.92. The number of anilines is 1. The van der Waals surface area contributed by atoms with E-state index in [1.807, 2.05) is 6.92 Å². The normalized spacial score (nSPS) is 16.6. The Morgan fingerprint density at radius 3 is 2.87 bits per heavy atom.